The van der Waals surface area contributed by atoms with E-state index in [2.05, 4.69) is 10.2 Å². The normalized spacial score (nSPS) is 20.5. The van der Waals surface area contributed by atoms with Gasteiger partial charge in [0.1, 0.15) is 0 Å². The maximum absolute atomic E-state index is 5.59. The minimum Gasteiger partial charge on any atom is -0.314 e. The summed E-state index contributed by atoms with van der Waals surface area (Å²) < 4.78 is 0. The van der Waals surface area contributed by atoms with Crippen LogP contribution in [-0.4, -0.2) is 43.5 Å². The molecule has 1 aliphatic heterocycles. The van der Waals surface area contributed by atoms with Crippen LogP contribution in [0.1, 0.15) is 12.8 Å². The molecule has 0 unspecified atom stereocenters. The molecule has 0 aliphatic carbocycles. The van der Waals surface area contributed by atoms with E-state index in [1.807, 2.05) is 0 Å². The molecule has 0 amide bonds. The third kappa shape index (κ3) is 3.94. The lowest BCUT2D eigenvalue weighted by molar-refractivity contribution is 0.238. The maximum atomic E-state index is 5.59. The third-order valence-electron chi connectivity index (χ3n) is 2.07. The first-order valence-corrected chi connectivity index (χ1v) is 4.96. The molecule has 0 aromatic carbocycles. The van der Waals surface area contributed by atoms with Crippen molar-refractivity contribution >= 4 is 11.6 Å². The van der Waals surface area contributed by atoms with Crippen LogP contribution in [0.2, 0.25) is 0 Å². The Bertz CT molecular complexity index is 92.1. The Morgan fingerprint density at radius 3 is 2.55 bits per heavy atom. The topological polar surface area (TPSA) is 15.3 Å². The van der Waals surface area contributed by atoms with Gasteiger partial charge in [0.25, 0.3) is 0 Å². The molecule has 2 nitrogen and oxygen atoms in total. The van der Waals surface area contributed by atoms with Gasteiger partial charge in [0.2, 0.25) is 0 Å². The fourth-order valence-electron chi connectivity index (χ4n) is 1.36. The van der Waals surface area contributed by atoms with Crippen molar-refractivity contribution in [3.05, 3.63) is 0 Å². The van der Waals surface area contributed by atoms with Crippen LogP contribution in [0.5, 0.6) is 0 Å². The number of nitrogens with one attached hydrogen (secondary N) is 1. The minimum atomic E-state index is 0.812. The minimum absolute atomic E-state index is 0.812. The summed E-state index contributed by atoms with van der Waals surface area (Å²) in [5, 5.41) is 3.34. The summed E-state index contributed by atoms with van der Waals surface area (Å²) in [5.41, 5.74) is 0. The molecule has 0 atom stereocenters. The average Bonchev–Trinajstić information content (AvgIpc) is 2.07. The van der Waals surface area contributed by atoms with Crippen molar-refractivity contribution in [3.63, 3.8) is 0 Å². The molecular weight excluding hydrogens is 160 g/mol. The Hall–Kier alpha value is 0.210. The maximum Gasteiger partial charge on any atom is 0.0223 e. The first-order valence-electron chi connectivity index (χ1n) is 4.42. The molecule has 0 bridgehead atoms. The van der Waals surface area contributed by atoms with Gasteiger partial charge < -0.3 is 10.2 Å². The molecule has 1 rings (SSSR count). The highest BCUT2D eigenvalue weighted by molar-refractivity contribution is 6.17. The summed E-state index contributed by atoms with van der Waals surface area (Å²) in [6, 6.07) is 0. The molecule has 0 aromatic rings. The van der Waals surface area contributed by atoms with Crippen molar-refractivity contribution in [2.24, 2.45) is 0 Å². The number of alkyl halides is 1. The fraction of sp³-hybridized carbons (Fsp3) is 1.00. The van der Waals surface area contributed by atoms with Crippen molar-refractivity contribution in [1.29, 1.82) is 0 Å². The lowest BCUT2D eigenvalue weighted by atomic mass is 10.3. The van der Waals surface area contributed by atoms with Gasteiger partial charge in [-0.3, -0.25) is 0 Å². The Morgan fingerprint density at radius 2 is 1.91 bits per heavy atom. The Kier molecular flexibility index (Phi) is 4.91. The van der Waals surface area contributed by atoms with Gasteiger partial charge >= 0.3 is 0 Å². The van der Waals surface area contributed by atoms with Crippen LogP contribution in [-0.2, 0) is 0 Å². The summed E-state index contributed by atoms with van der Waals surface area (Å²) in [6.07, 6.45) is 2.41. The largest absolute Gasteiger partial charge is 0.314 e. The summed E-state index contributed by atoms with van der Waals surface area (Å²) >= 11 is 5.59. The van der Waals surface area contributed by atoms with Gasteiger partial charge in [-0.25, -0.2) is 0 Å². The van der Waals surface area contributed by atoms with Gasteiger partial charge in [0.15, 0.2) is 0 Å². The Balaban J connectivity index is 1.96. The third-order valence-corrected chi connectivity index (χ3v) is 2.33. The van der Waals surface area contributed by atoms with E-state index in [1.165, 1.54) is 26.1 Å². The zero-order valence-corrected chi connectivity index (χ0v) is 7.74. The van der Waals surface area contributed by atoms with Crippen molar-refractivity contribution in [1.82, 2.24) is 10.2 Å². The van der Waals surface area contributed by atoms with Crippen LogP contribution in [0.3, 0.4) is 0 Å². The summed E-state index contributed by atoms with van der Waals surface area (Å²) in [4.78, 5) is 2.50. The Morgan fingerprint density at radius 1 is 1.18 bits per heavy atom. The number of hydrogen-bond acceptors (Lipinski definition) is 2. The average molecular weight is 177 g/mol. The fourth-order valence-corrected chi connectivity index (χ4v) is 1.55. The van der Waals surface area contributed by atoms with Gasteiger partial charge in [-0.05, 0) is 19.4 Å². The number of halogens is 1. The molecule has 0 radical (unpaired) electrons. The van der Waals surface area contributed by atoms with Gasteiger partial charge in [0, 0.05) is 32.1 Å². The number of nitrogens with zero attached hydrogens (tertiary/aromatic N) is 1. The van der Waals surface area contributed by atoms with E-state index in [4.69, 9.17) is 11.6 Å². The van der Waals surface area contributed by atoms with E-state index in [1.54, 1.807) is 0 Å². The van der Waals surface area contributed by atoms with Crippen LogP contribution in [0.25, 0.3) is 0 Å². The monoisotopic (exact) mass is 176 g/mol. The van der Waals surface area contributed by atoms with Crippen LogP contribution in [0.15, 0.2) is 0 Å². The lowest BCUT2D eigenvalue weighted by Crippen LogP contribution is -2.43. The molecule has 1 N–H and O–H groups in total. The number of hydrogen-bond donors (Lipinski definition) is 1. The molecule has 1 aliphatic rings. The van der Waals surface area contributed by atoms with E-state index >= 15 is 0 Å². The van der Waals surface area contributed by atoms with Gasteiger partial charge in [-0.15, -0.1) is 11.6 Å². The Labute approximate surface area is 73.9 Å². The first kappa shape index (κ1) is 9.30. The van der Waals surface area contributed by atoms with Crippen molar-refractivity contribution < 1.29 is 0 Å². The molecule has 11 heavy (non-hydrogen) atoms. The molecule has 1 heterocycles. The van der Waals surface area contributed by atoms with E-state index in [9.17, 15) is 0 Å². The molecule has 0 aromatic heterocycles. The van der Waals surface area contributed by atoms with Gasteiger partial charge in [-0.1, -0.05) is 0 Å². The predicted octanol–water partition coefficient (Wildman–Crippen LogP) is 0.911. The number of unbranched alkanes of at least 4 members (excludes halogenated alkanes) is 1. The van der Waals surface area contributed by atoms with Gasteiger partial charge in [-0.2, -0.15) is 0 Å². The standard InChI is InChI=1S/C8H17ClN2/c9-3-1-2-6-11-7-4-10-5-8-11/h10H,1-8H2. The quantitative estimate of drug-likeness (QED) is 0.506. The second kappa shape index (κ2) is 5.81. The smallest absolute Gasteiger partial charge is 0.0223 e. The zero-order valence-electron chi connectivity index (χ0n) is 6.98. The van der Waals surface area contributed by atoms with E-state index in [-0.39, 0.29) is 0 Å². The van der Waals surface area contributed by atoms with E-state index in [0.717, 1.165) is 25.4 Å². The number of piperazine rings is 1. The van der Waals surface area contributed by atoms with E-state index in [0.29, 0.717) is 0 Å². The molecular formula is C8H17ClN2. The van der Waals surface area contributed by atoms with Crippen LogP contribution >= 0.6 is 11.6 Å². The SMILES string of the molecule is ClCCCCN1CCNCC1. The highest BCUT2D eigenvalue weighted by atomic mass is 35.5. The van der Waals surface area contributed by atoms with Gasteiger partial charge in [0.05, 0.1) is 0 Å². The summed E-state index contributed by atoms with van der Waals surface area (Å²) in [5.74, 6) is 0.812. The van der Waals surface area contributed by atoms with Crippen molar-refractivity contribution in [3.8, 4) is 0 Å². The first-order chi connectivity index (χ1) is 5.43. The molecule has 1 saturated heterocycles. The molecule has 1 fully saturated rings. The second-order valence-electron chi connectivity index (χ2n) is 2.99. The molecule has 0 spiro atoms. The van der Waals surface area contributed by atoms with Crippen LogP contribution in [0.4, 0.5) is 0 Å². The predicted molar refractivity (Wildman–Crippen MR) is 49.3 cm³/mol. The lowest BCUT2D eigenvalue weighted by Gasteiger charge is -2.26. The van der Waals surface area contributed by atoms with Crippen LogP contribution in [0, 0.1) is 0 Å². The number of rotatable bonds is 4. The van der Waals surface area contributed by atoms with Crippen molar-refractivity contribution in [2.75, 3.05) is 38.6 Å². The highest BCUT2D eigenvalue weighted by Gasteiger charge is 2.07. The van der Waals surface area contributed by atoms with Crippen molar-refractivity contribution in [2.45, 2.75) is 12.8 Å². The summed E-state index contributed by atoms with van der Waals surface area (Å²) in [7, 11) is 0. The highest BCUT2D eigenvalue weighted by Crippen LogP contribution is 1.97. The molecule has 3 heteroatoms. The molecule has 0 saturated carbocycles. The van der Waals surface area contributed by atoms with E-state index < -0.39 is 0 Å². The second-order valence-corrected chi connectivity index (χ2v) is 3.37. The zero-order chi connectivity index (χ0) is 7.94. The summed E-state index contributed by atoms with van der Waals surface area (Å²) in [6.45, 7) is 5.96. The van der Waals surface area contributed by atoms with Crippen LogP contribution < -0.4 is 5.32 Å². The molecule has 66 valence electrons.